The highest BCUT2D eigenvalue weighted by molar-refractivity contribution is 6.04. The van der Waals surface area contributed by atoms with Crippen molar-refractivity contribution in [1.29, 1.82) is 5.26 Å². The Bertz CT molecular complexity index is 670. The first-order chi connectivity index (χ1) is 9.63. The summed E-state index contributed by atoms with van der Waals surface area (Å²) in [4.78, 5) is 12.1. The summed E-state index contributed by atoms with van der Waals surface area (Å²) < 4.78 is 5.20. The Morgan fingerprint density at radius 1 is 1.20 bits per heavy atom. The molecule has 0 unspecified atom stereocenters. The van der Waals surface area contributed by atoms with Gasteiger partial charge in [-0.2, -0.15) is 5.26 Å². The second kappa shape index (κ2) is 5.89. The summed E-state index contributed by atoms with van der Waals surface area (Å²) in [6.45, 7) is 1.92. The Hall–Kier alpha value is -2.80. The molecule has 4 heteroatoms. The lowest BCUT2D eigenvalue weighted by atomic mass is 10.1. The molecule has 2 aromatic rings. The number of carbonyl (C=O) groups is 1. The fourth-order valence-electron chi connectivity index (χ4n) is 1.79. The molecule has 20 heavy (non-hydrogen) atoms. The third-order valence-electron chi connectivity index (χ3n) is 2.94. The monoisotopic (exact) mass is 266 g/mol. The predicted octanol–water partition coefficient (Wildman–Crippen LogP) is 3.13. The highest BCUT2D eigenvalue weighted by Crippen LogP contribution is 2.20. The second-order valence-corrected chi connectivity index (χ2v) is 4.33. The van der Waals surface area contributed by atoms with Crippen LogP contribution in [0.2, 0.25) is 0 Å². The van der Waals surface area contributed by atoms with E-state index in [2.05, 4.69) is 5.32 Å². The number of aryl methyl sites for hydroxylation is 1. The van der Waals surface area contributed by atoms with Crippen molar-refractivity contribution in [1.82, 2.24) is 0 Å². The van der Waals surface area contributed by atoms with E-state index in [-0.39, 0.29) is 5.91 Å². The Morgan fingerprint density at radius 3 is 2.50 bits per heavy atom. The van der Waals surface area contributed by atoms with E-state index in [1.807, 2.05) is 19.1 Å². The molecule has 1 amide bonds. The third-order valence-corrected chi connectivity index (χ3v) is 2.94. The molecular weight excluding hydrogens is 252 g/mol. The molecule has 0 saturated carbocycles. The zero-order chi connectivity index (χ0) is 14.5. The molecule has 1 N–H and O–H groups in total. The van der Waals surface area contributed by atoms with Crippen molar-refractivity contribution in [3.63, 3.8) is 0 Å². The van der Waals surface area contributed by atoms with E-state index in [1.54, 1.807) is 43.5 Å². The fraction of sp³-hybridized carbons (Fsp3) is 0.125. The number of hydrogen-bond donors (Lipinski definition) is 1. The van der Waals surface area contributed by atoms with Crippen LogP contribution in [0.25, 0.3) is 0 Å². The van der Waals surface area contributed by atoms with Gasteiger partial charge < -0.3 is 10.1 Å². The Labute approximate surface area is 117 Å². The number of nitrogens with zero attached hydrogens (tertiary/aromatic N) is 1. The standard InChI is InChI=1S/C16H14N2O2/c1-11-3-6-13(9-15(11)20-2)16(19)18-14-7-4-12(10-17)5-8-14/h3-9H,1-2H3,(H,18,19). The van der Waals surface area contributed by atoms with Gasteiger partial charge in [-0.1, -0.05) is 6.07 Å². The minimum absolute atomic E-state index is 0.215. The number of anilines is 1. The van der Waals surface area contributed by atoms with Gasteiger partial charge in [0, 0.05) is 11.3 Å². The largest absolute Gasteiger partial charge is 0.496 e. The summed E-state index contributed by atoms with van der Waals surface area (Å²) >= 11 is 0. The molecule has 0 fully saturated rings. The Kier molecular flexibility index (Phi) is 4.02. The zero-order valence-electron chi connectivity index (χ0n) is 11.3. The van der Waals surface area contributed by atoms with E-state index in [0.717, 1.165) is 5.56 Å². The summed E-state index contributed by atoms with van der Waals surface area (Å²) in [6, 6.07) is 14.0. The molecule has 0 aromatic heterocycles. The van der Waals surface area contributed by atoms with Crippen molar-refractivity contribution in [3.05, 3.63) is 59.2 Å². The summed E-state index contributed by atoms with van der Waals surface area (Å²) in [5.74, 6) is 0.463. The first-order valence-electron chi connectivity index (χ1n) is 6.10. The summed E-state index contributed by atoms with van der Waals surface area (Å²) in [5, 5.41) is 11.5. The molecule has 0 heterocycles. The number of methoxy groups -OCH3 is 1. The van der Waals surface area contributed by atoms with E-state index >= 15 is 0 Å². The fourth-order valence-corrected chi connectivity index (χ4v) is 1.79. The quantitative estimate of drug-likeness (QED) is 0.928. The van der Waals surface area contributed by atoms with Crippen LogP contribution >= 0.6 is 0 Å². The van der Waals surface area contributed by atoms with E-state index < -0.39 is 0 Å². The number of benzene rings is 2. The van der Waals surface area contributed by atoms with E-state index in [1.165, 1.54) is 0 Å². The van der Waals surface area contributed by atoms with Crippen molar-refractivity contribution < 1.29 is 9.53 Å². The summed E-state index contributed by atoms with van der Waals surface area (Å²) in [6.07, 6.45) is 0. The zero-order valence-corrected chi connectivity index (χ0v) is 11.3. The molecule has 0 saturated heterocycles. The van der Waals surface area contributed by atoms with Crippen LogP contribution in [0, 0.1) is 18.3 Å². The molecule has 0 spiro atoms. The molecule has 0 aliphatic carbocycles. The molecule has 0 bridgehead atoms. The van der Waals surface area contributed by atoms with Gasteiger partial charge in [-0.25, -0.2) is 0 Å². The second-order valence-electron chi connectivity index (χ2n) is 4.33. The first-order valence-corrected chi connectivity index (χ1v) is 6.10. The van der Waals surface area contributed by atoms with Gasteiger partial charge in [0.25, 0.3) is 5.91 Å². The minimum Gasteiger partial charge on any atom is -0.496 e. The molecule has 0 atom stereocenters. The highest BCUT2D eigenvalue weighted by Gasteiger charge is 2.08. The Morgan fingerprint density at radius 2 is 1.90 bits per heavy atom. The number of ether oxygens (including phenoxy) is 1. The SMILES string of the molecule is COc1cc(C(=O)Nc2ccc(C#N)cc2)ccc1C. The van der Waals surface area contributed by atoms with Crippen LogP contribution in [-0.2, 0) is 0 Å². The highest BCUT2D eigenvalue weighted by atomic mass is 16.5. The average Bonchev–Trinajstić information content (AvgIpc) is 2.48. The maximum Gasteiger partial charge on any atom is 0.255 e. The van der Waals surface area contributed by atoms with E-state index in [4.69, 9.17) is 10.00 Å². The van der Waals surface area contributed by atoms with E-state index in [0.29, 0.717) is 22.6 Å². The van der Waals surface area contributed by atoms with Crippen molar-refractivity contribution >= 4 is 11.6 Å². The minimum atomic E-state index is -0.215. The maximum atomic E-state index is 12.1. The lowest BCUT2D eigenvalue weighted by Crippen LogP contribution is -2.12. The topological polar surface area (TPSA) is 62.1 Å². The lowest BCUT2D eigenvalue weighted by molar-refractivity contribution is 0.102. The number of rotatable bonds is 3. The van der Waals surface area contributed by atoms with Crippen molar-refractivity contribution in [2.75, 3.05) is 12.4 Å². The number of hydrogen-bond acceptors (Lipinski definition) is 3. The molecule has 100 valence electrons. The van der Waals surface area contributed by atoms with Gasteiger partial charge in [-0.05, 0) is 48.9 Å². The smallest absolute Gasteiger partial charge is 0.255 e. The van der Waals surface area contributed by atoms with Gasteiger partial charge in [0.15, 0.2) is 0 Å². The van der Waals surface area contributed by atoms with Gasteiger partial charge in [0.2, 0.25) is 0 Å². The van der Waals surface area contributed by atoms with Crippen LogP contribution in [0.4, 0.5) is 5.69 Å². The summed E-state index contributed by atoms with van der Waals surface area (Å²) in [5.41, 5.74) is 2.70. The van der Waals surface area contributed by atoms with Gasteiger partial charge in [-0.15, -0.1) is 0 Å². The van der Waals surface area contributed by atoms with Crippen LogP contribution in [0.3, 0.4) is 0 Å². The molecule has 4 nitrogen and oxygen atoms in total. The van der Waals surface area contributed by atoms with E-state index in [9.17, 15) is 4.79 Å². The van der Waals surface area contributed by atoms with Crippen LogP contribution < -0.4 is 10.1 Å². The number of carbonyl (C=O) groups excluding carboxylic acids is 1. The van der Waals surface area contributed by atoms with Gasteiger partial charge in [-0.3, -0.25) is 4.79 Å². The lowest BCUT2D eigenvalue weighted by Gasteiger charge is -2.08. The van der Waals surface area contributed by atoms with Gasteiger partial charge in [0.05, 0.1) is 18.7 Å². The molecule has 0 aliphatic rings. The molecule has 2 aromatic carbocycles. The van der Waals surface area contributed by atoms with Crippen molar-refractivity contribution in [2.45, 2.75) is 6.92 Å². The Balaban J connectivity index is 2.17. The number of nitriles is 1. The van der Waals surface area contributed by atoms with Crippen LogP contribution in [0.1, 0.15) is 21.5 Å². The molecule has 0 aliphatic heterocycles. The molecule has 2 rings (SSSR count). The van der Waals surface area contributed by atoms with Crippen LogP contribution in [0.15, 0.2) is 42.5 Å². The van der Waals surface area contributed by atoms with Crippen molar-refractivity contribution in [3.8, 4) is 11.8 Å². The third kappa shape index (κ3) is 2.96. The first kappa shape index (κ1) is 13.6. The van der Waals surface area contributed by atoms with Crippen LogP contribution in [-0.4, -0.2) is 13.0 Å². The van der Waals surface area contributed by atoms with Gasteiger partial charge in [0.1, 0.15) is 5.75 Å². The van der Waals surface area contributed by atoms with Crippen molar-refractivity contribution in [2.24, 2.45) is 0 Å². The predicted molar refractivity (Wildman–Crippen MR) is 76.8 cm³/mol. The number of amides is 1. The van der Waals surface area contributed by atoms with Crippen LogP contribution in [0.5, 0.6) is 5.75 Å². The average molecular weight is 266 g/mol. The van der Waals surface area contributed by atoms with Gasteiger partial charge >= 0.3 is 0 Å². The normalized spacial score (nSPS) is 9.65. The molecule has 0 radical (unpaired) electrons. The maximum absolute atomic E-state index is 12.1. The summed E-state index contributed by atoms with van der Waals surface area (Å²) in [7, 11) is 1.57. The number of nitrogens with one attached hydrogen (secondary N) is 1. The molecular formula is C16H14N2O2.